The van der Waals surface area contributed by atoms with E-state index in [2.05, 4.69) is 67.2 Å². The number of fused-ring (bicyclic) bond motifs is 1. The smallest absolute Gasteiger partial charge is 0.225 e. The predicted molar refractivity (Wildman–Crippen MR) is 121 cm³/mol. The Morgan fingerprint density at radius 1 is 1.30 bits per heavy atom. The molecule has 3 heterocycles. The maximum Gasteiger partial charge on any atom is 0.225 e. The van der Waals surface area contributed by atoms with Gasteiger partial charge in [-0.05, 0) is 51.7 Å². The number of benzene rings is 1. The molecule has 0 radical (unpaired) electrons. The number of nitrogens with one attached hydrogen (secondary N) is 1. The zero-order chi connectivity index (χ0) is 21.3. The number of aryl methyl sites for hydroxylation is 2. The van der Waals surface area contributed by atoms with Gasteiger partial charge in [0.05, 0.1) is 11.6 Å². The van der Waals surface area contributed by atoms with Gasteiger partial charge in [0.25, 0.3) is 0 Å². The molecule has 0 unspecified atom stereocenters. The normalized spacial score (nSPS) is 17.9. The van der Waals surface area contributed by atoms with Gasteiger partial charge in [-0.3, -0.25) is 4.79 Å². The number of aromatic nitrogens is 3. The minimum atomic E-state index is -0.00320. The van der Waals surface area contributed by atoms with Crippen LogP contribution in [0.5, 0.6) is 0 Å². The van der Waals surface area contributed by atoms with Crippen molar-refractivity contribution in [2.75, 3.05) is 18.0 Å². The average molecular weight is 406 g/mol. The van der Waals surface area contributed by atoms with Crippen molar-refractivity contribution < 1.29 is 4.79 Å². The highest BCUT2D eigenvalue weighted by Crippen LogP contribution is 2.30. The lowest BCUT2D eigenvalue weighted by Crippen LogP contribution is -2.45. The number of anilines is 1. The van der Waals surface area contributed by atoms with Crippen LogP contribution in [0.25, 0.3) is 16.8 Å². The van der Waals surface area contributed by atoms with E-state index in [0.717, 1.165) is 48.4 Å². The van der Waals surface area contributed by atoms with Crippen molar-refractivity contribution in [1.82, 2.24) is 19.9 Å². The molecule has 0 aliphatic carbocycles. The van der Waals surface area contributed by atoms with Crippen LogP contribution in [-0.2, 0) is 4.79 Å². The third kappa shape index (κ3) is 4.04. The third-order valence-electron chi connectivity index (χ3n) is 6.12. The first-order chi connectivity index (χ1) is 14.5. The fourth-order valence-corrected chi connectivity index (χ4v) is 4.23. The first-order valence-electron chi connectivity index (χ1n) is 10.9. The lowest BCUT2D eigenvalue weighted by atomic mass is 9.96. The minimum Gasteiger partial charge on any atom is -0.354 e. The molecule has 1 saturated heterocycles. The van der Waals surface area contributed by atoms with Gasteiger partial charge in [0, 0.05) is 37.1 Å². The van der Waals surface area contributed by atoms with E-state index in [-0.39, 0.29) is 17.9 Å². The van der Waals surface area contributed by atoms with E-state index >= 15 is 0 Å². The number of rotatable bonds is 5. The van der Waals surface area contributed by atoms with Crippen LogP contribution >= 0.6 is 0 Å². The zero-order valence-electron chi connectivity index (χ0n) is 18.4. The molecule has 30 heavy (non-hydrogen) atoms. The molecule has 158 valence electrons. The van der Waals surface area contributed by atoms with Gasteiger partial charge in [0.1, 0.15) is 5.52 Å². The molecule has 3 aromatic rings. The fourth-order valence-electron chi connectivity index (χ4n) is 4.23. The summed E-state index contributed by atoms with van der Waals surface area (Å²) in [4.78, 5) is 19.6. The minimum absolute atomic E-state index is 0.00320. The van der Waals surface area contributed by atoms with Gasteiger partial charge in [0.15, 0.2) is 5.82 Å². The van der Waals surface area contributed by atoms with Crippen LogP contribution in [0, 0.1) is 19.8 Å². The lowest BCUT2D eigenvalue weighted by molar-refractivity contribution is -0.125. The molecule has 1 amide bonds. The molecule has 0 spiro atoms. The standard InChI is InChI=1S/C24H31N5O/c1-5-18(4)26-24(30)19-7-6-11-28(15-19)23-22-14-21(27-29(22)12-10-25-23)20-9-8-16(2)13-17(20)3/h8-10,12-14,18-19H,5-7,11,15H2,1-4H3,(H,26,30)/t18-,19+/m0/s1. The van der Waals surface area contributed by atoms with Gasteiger partial charge >= 0.3 is 0 Å². The molecule has 0 bridgehead atoms. The molecule has 1 fully saturated rings. The summed E-state index contributed by atoms with van der Waals surface area (Å²) in [6, 6.07) is 8.77. The highest BCUT2D eigenvalue weighted by Gasteiger charge is 2.28. The molecule has 1 N–H and O–H groups in total. The van der Waals surface area contributed by atoms with Crippen molar-refractivity contribution in [2.24, 2.45) is 5.92 Å². The van der Waals surface area contributed by atoms with E-state index in [1.807, 2.05) is 10.7 Å². The van der Waals surface area contributed by atoms with Gasteiger partial charge in [-0.1, -0.05) is 30.7 Å². The van der Waals surface area contributed by atoms with Crippen LogP contribution in [0.3, 0.4) is 0 Å². The Hall–Kier alpha value is -2.89. The number of amides is 1. The number of piperidine rings is 1. The van der Waals surface area contributed by atoms with Crippen LogP contribution in [0.4, 0.5) is 5.82 Å². The summed E-state index contributed by atoms with van der Waals surface area (Å²) in [5, 5.41) is 7.95. The van der Waals surface area contributed by atoms with E-state index < -0.39 is 0 Å². The second-order valence-electron chi connectivity index (χ2n) is 8.53. The number of hydrogen-bond acceptors (Lipinski definition) is 4. The van der Waals surface area contributed by atoms with E-state index in [1.165, 1.54) is 11.1 Å². The highest BCUT2D eigenvalue weighted by molar-refractivity contribution is 5.81. The molecule has 6 nitrogen and oxygen atoms in total. The van der Waals surface area contributed by atoms with Crippen molar-refractivity contribution in [3.8, 4) is 11.3 Å². The summed E-state index contributed by atoms with van der Waals surface area (Å²) in [6.45, 7) is 9.98. The van der Waals surface area contributed by atoms with Gasteiger partial charge < -0.3 is 10.2 Å². The van der Waals surface area contributed by atoms with E-state index in [0.29, 0.717) is 6.54 Å². The van der Waals surface area contributed by atoms with Crippen LogP contribution < -0.4 is 10.2 Å². The largest absolute Gasteiger partial charge is 0.354 e. The number of carbonyl (C=O) groups is 1. The second-order valence-corrected chi connectivity index (χ2v) is 8.53. The van der Waals surface area contributed by atoms with Crippen molar-refractivity contribution in [3.05, 3.63) is 47.8 Å². The maximum atomic E-state index is 12.7. The average Bonchev–Trinajstić information content (AvgIpc) is 3.17. The SMILES string of the molecule is CC[C@H](C)NC(=O)[C@@H]1CCCN(c2nccn3nc(-c4ccc(C)cc4C)cc23)C1. The van der Waals surface area contributed by atoms with Crippen molar-refractivity contribution >= 4 is 17.2 Å². The van der Waals surface area contributed by atoms with Crippen LogP contribution in [0.2, 0.25) is 0 Å². The highest BCUT2D eigenvalue weighted by atomic mass is 16.2. The summed E-state index contributed by atoms with van der Waals surface area (Å²) in [7, 11) is 0. The Balaban J connectivity index is 1.62. The molecule has 1 aliphatic rings. The van der Waals surface area contributed by atoms with E-state index in [9.17, 15) is 4.79 Å². The van der Waals surface area contributed by atoms with E-state index in [1.54, 1.807) is 6.20 Å². The fraction of sp³-hybridized carbons (Fsp3) is 0.458. The van der Waals surface area contributed by atoms with Crippen molar-refractivity contribution in [3.63, 3.8) is 0 Å². The molecule has 2 atom stereocenters. The predicted octanol–water partition coefficient (Wildman–Crippen LogP) is 4.14. The molecule has 6 heteroatoms. The number of carbonyl (C=O) groups excluding carboxylic acids is 1. The first-order valence-corrected chi connectivity index (χ1v) is 10.9. The maximum absolute atomic E-state index is 12.7. The Labute approximate surface area is 178 Å². The Bertz CT molecular complexity index is 1060. The summed E-state index contributed by atoms with van der Waals surface area (Å²) in [5.74, 6) is 1.06. The van der Waals surface area contributed by atoms with Gasteiger partial charge in [-0.25, -0.2) is 9.50 Å². The quantitative estimate of drug-likeness (QED) is 0.693. The van der Waals surface area contributed by atoms with Crippen molar-refractivity contribution in [2.45, 2.75) is 53.0 Å². The van der Waals surface area contributed by atoms with E-state index in [4.69, 9.17) is 5.10 Å². The van der Waals surface area contributed by atoms with Crippen LogP contribution in [-0.4, -0.2) is 39.6 Å². The van der Waals surface area contributed by atoms with Crippen LogP contribution in [0.1, 0.15) is 44.2 Å². The summed E-state index contributed by atoms with van der Waals surface area (Å²) < 4.78 is 1.90. The molecule has 0 saturated carbocycles. The molecule has 2 aromatic heterocycles. The molecular weight excluding hydrogens is 374 g/mol. The van der Waals surface area contributed by atoms with Gasteiger partial charge in [0.2, 0.25) is 5.91 Å². The summed E-state index contributed by atoms with van der Waals surface area (Å²) in [5.41, 5.74) is 5.53. The summed E-state index contributed by atoms with van der Waals surface area (Å²) >= 11 is 0. The Morgan fingerprint density at radius 2 is 2.13 bits per heavy atom. The molecule has 1 aromatic carbocycles. The Kier molecular flexibility index (Phi) is 5.75. The zero-order valence-corrected chi connectivity index (χ0v) is 18.4. The van der Waals surface area contributed by atoms with Crippen LogP contribution in [0.15, 0.2) is 36.7 Å². The number of nitrogens with zero attached hydrogens (tertiary/aromatic N) is 4. The molecule has 1 aliphatic heterocycles. The molecule has 4 rings (SSSR count). The third-order valence-corrected chi connectivity index (χ3v) is 6.12. The van der Waals surface area contributed by atoms with Crippen molar-refractivity contribution in [1.29, 1.82) is 0 Å². The monoisotopic (exact) mass is 405 g/mol. The Morgan fingerprint density at radius 3 is 2.90 bits per heavy atom. The number of hydrogen-bond donors (Lipinski definition) is 1. The lowest BCUT2D eigenvalue weighted by Gasteiger charge is -2.33. The summed E-state index contributed by atoms with van der Waals surface area (Å²) in [6.07, 6.45) is 6.54. The molecular formula is C24H31N5O. The van der Waals surface area contributed by atoms with Gasteiger partial charge in [-0.15, -0.1) is 0 Å². The topological polar surface area (TPSA) is 62.5 Å². The van der Waals surface area contributed by atoms with Gasteiger partial charge in [-0.2, -0.15) is 5.10 Å². The second kappa shape index (κ2) is 8.46. The first kappa shape index (κ1) is 20.4.